The number of aryl methyl sites for hydroxylation is 1. The molecule has 2 atom stereocenters. The summed E-state index contributed by atoms with van der Waals surface area (Å²) in [7, 11) is 0. The van der Waals surface area contributed by atoms with Crippen LogP contribution < -0.4 is 5.32 Å². The van der Waals surface area contributed by atoms with Crippen LogP contribution in [-0.2, 0) is 12.7 Å². The Balaban J connectivity index is 1.36. The Bertz CT molecular complexity index is 939. The van der Waals surface area contributed by atoms with Gasteiger partial charge in [0.05, 0.1) is 22.6 Å². The zero-order chi connectivity index (χ0) is 23.6. The fourth-order valence-corrected chi connectivity index (χ4v) is 5.59. The molecule has 33 heavy (non-hydrogen) atoms. The van der Waals surface area contributed by atoms with Gasteiger partial charge in [-0.05, 0) is 75.0 Å². The largest absolute Gasteiger partial charge is 0.416 e. The number of alkyl halides is 3. The second kappa shape index (κ2) is 10.2. The molecule has 1 saturated carbocycles. The smallest absolute Gasteiger partial charge is 0.391 e. The lowest BCUT2D eigenvalue weighted by Gasteiger charge is -2.32. The van der Waals surface area contributed by atoms with Gasteiger partial charge in [0.2, 0.25) is 0 Å². The van der Waals surface area contributed by atoms with Gasteiger partial charge in [0.25, 0.3) is 0 Å². The van der Waals surface area contributed by atoms with Crippen LogP contribution in [0.15, 0.2) is 34.2 Å². The average Bonchev–Trinajstić information content (AvgIpc) is 3.10. The van der Waals surface area contributed by atoms with Gasteiger partial charge in [-0.15, -0.1) is 0 Å². The van der Waals surface area contributed by atoms with Crippen LogP contribution in [0.2, 0.25) is 0 Å². The third-order valence-corrected chi connectivity index (χ3v) is 7.48. The maximum Gasteiger partial charge on any atom is 0.416 e. The van der Waals surface area contributed by atoms with Gasteiger partial charge in [0.1, 0.15) is 5.84 Å². The quantitative estimate of drug-likeness (QED) is 0.614. The van der Waals surface area contributed by atoms with Crippen LogP contribution in [0.25, 0.3) is 0 Å². The predicted molar refractivity (Wildman–Crippen MR) is 124 cm³/mol. The zero-order valence-corrected chi connectivity index (χ0v) is 19.5. The first-order chi connectivity index (χ1) is 15.7. The molecule has 1 saturated heterocycles. The first kappa shape index (κ1) is 24.3. The number of carbonyl (C=O) groups excluding carboxylic acids is 1. The van der Waals surface area contributed by atoms with Crippen molar-refractivity contribution in [3.05, 3.63) is 45.9 Å². The summed E-state index contributed by atoms with van der Waals surface area (Å²) in [4.78, 5) is 18.9. The molecular formula is C24H30F3N3O2S. The summed E-state index contributed by atoms with van der Waals surface area (Å²) >= 11 is 1.10. The van der Waals surface area contributed by atoms with Crippen LogP contribution in [0, 0.1) is 12.8 Å². The summed E-state index contributed by atoms with van der Waals surface area (Å²) in [6.07, 6.45) is 2.55. The van der Waals surface area contributed by atoms with Gasteiger partial charge in [-0.2, -0.15) is 18.2 Å². The van der Waals surface area contributed by atoms with Crippen LogP contribution in [-0.4, -0.2) is 46.3 Å². The Labute approximate surface area is 196 Å². The number of aliphatic imine (C=N–C) groups is 1. The molecule has 3 aliphatic rings. The van der Waals surface area contributed by atoms with Crippen LogP contribution >= 0.6 is 11.8 Å². The minimum atomic E-state index is -4.36. The third kappa shape index (κ3) is 6.19. The lowest BCUT2D eigenvalue weighted by Crippen LogP contribution is -2.45. The monoisotopic (exact) mass is 481 g/mol. The van der Waals surface area contributed by atoms with Crippen molar-refractivity contribution in [2.45, 2.75) is 70.3 Å². The van der Waals surface area contributed by atoms with Crippen LogP contribution in [0.4, 0.5) is 18.0 Å². The van der Waals surface area contributed by atoms with Crippen LogP contribution in [0.5, 0.6) is 0 Å². The lowest BCUT2D eigenvalue weighted by molar-refractivity contribution is -0.138. The SMILES string of the molecule is Cc1ccc(CN2CCC(/C=C3\SC(=O)N=C3N[C@H]3CCCC[C@@H]3O)CC2)c(C(F)(F)F)c1. The fourth-order valence-electron chi connectivity index (χ4n) is 4.81. The van der Waals surface area contributed by atoms with Gasteiger partial charge in [0.15, 0.2) is 0 Å². The summed E-state index contributed by atoms with van der Waals surface area (Å²) in [5.41, 5.74) is 0.364. The molecule has 0 bridgehead atoms. The first-order valence-corrected chi connectivity index (χ1v) is 12.4. The molecule has 4 rings (SSSR count). The number of benzene rings is 1. The summed E-state index contributed by atoms with van der Waals surface area (Å²) in [5, 5.41) is 13.3. The molecule has 2 fully saturated rings. The number of allylic oxidation sites excluding steroid dienone is 1. The number of nitrogens with zero attached hydrogens (tertiary/aromatic N) is 2. The van der Waals surface area contributed by atoms with E-state index >= 15 is 0 Å². The Morgan fingerprint density at radius 2 is 1.94 bits per heavy atom. The number of hydrogen-bond acceptors (Lipinski definition) is 5. The number of amides is 1. The number of amidine groups is 1. The first-order valence-electron chi connectivity index (χ1n) is 11.6. The van der Waals surface area contributed by atoms with E-state index in [1.807, 2.05) is 0 Å². The van der Waals surface area contributed by atoms with Gasteiger partial charge in [0, 0.05) is 6.54 Å². The lowest BCUT2D eigenvalue weighted by atomic mass is 9.92. The normalized spacial score (nSPS) is 26.6. The number of likely N-dealkylation sites (tertiary alicyclic amines) is 1. The molecule has 0 radical (unpaired) electrons. The highest BCUT2D eigenvalue weighted by atomic mass is 32.2. The van der Waals surface area contributed by atoms with E-state index in [9.17, 15) is 23.1 Å². The molecule has 9 heteroatoms. The number of carbonyl (C=O) groups is 1. The Kier molecular flexibility index (Phi) is 7.50. The molecule has 0 unspecified atom stereocenters. The standard InChI is InChI=1S/C24H30F3N3O2S/c1-15-6-7-17(18(12-15)24(25,26)27)14-30-10-8-16(9-11-30)13-21-22(29-23(32)33-21)28-19-4-2-3-5-20(19)31/h6-7,12-13,16,19-20,31H,2-5,8-11,14H2,1H3,(H,28,29,32)/b21-13-/t19-,20-/m0/s1. The number of rotatable bonds is 4. The fraction of sp³-hybridized carbons (Fsp3) is 0.583. The maximum atomic E-state index is 13.4. The average molecular weight is 482 g/mol. The highest BCUT2D eigenvalue weighted by Gasteiger charge is 2.34. The molecule has 1 aromatic rings. The van der Waals surface area contributed by atoms with E-state index < -0.39 is 17.8 Å². The molecule has 1 amide bonds. The second-order valence-corrected chi connectivity index (χ2v) is 10.2. The van der Waals surface area contributed by atoms with E-state index in [0.29, 0.717) is 30.1 Å². The minimum absolute atomic E-state index is 0.0911. The van der Waals surface area contributed by atoms with Crippen molar-refractivity contribution in [2.75, 3.05) is 13.1 Å². The van der Waals surface area contributed by atoms with Gasteiger partial charge < -0.3 is 10.4 Å². The van der Waals surface area contributed by atoms with Crippen molar-refractivity contribution < 1.29 is 23.1 Å². The Hall–Kier alpha value is -1.84. The Morgan fingerprint density at radius 1 is 1.21 bits per heavy atom. The molecule has 5 nitrogen and oxygen atoms in total. The van der Waals surface area contributed by atoms with Crippen LogP contribution in [0.1, 0.15) is 55.2 Å². The number of aliphatic hydroxyl groups is 1. The van der Waals surface area contributed by atoms with E-state index in [2.05, 4.69) is 21.3 Å². The molecule has 2 aliphatic heterocycles. The van der Waals surface area contributed by atoms with Crippen molar-refractivity contribution in [3.63, 3.8) is 0 Å². The van der Waals surface area contributed by atoms with Crippen molar-refractivity contribution in [1.29, 1.82) is 0 Å². The highest BCUT2D eigenvalue weighted by molar-refractivity contribution is 8.18. The Morgan fingerprint density at radius 3 is 2.64 bits per heavy atom. The number of piperidine rings is 1. The number of nitrogens with one attached hydrogen (secondary N) is 1. The zero-order valence-electron chi connectivity index (χ0n) is 18.7. The molecule has 1 aromatic carbocycles. The van der Waals surface area contributed by atoms with E-state index in [0.717, 1.165) is 55.2 Å². The van der Waals surface area contributed by atoms with Crippen molar-refractivity contribution in [3.8, 4) is 0 Å². The second-order valence-electron chi connectivity index (χ2n) is 9.23. The molecule has 0 aromatic heterocycles. The van der Waals surface area contributed by atoms with Crippen LogP contribution in [0.3, 0.4) is 0 Å². The summed E-state index contributed by atoms with van der Waals surface area (Å²) in [5.74, 6) is 0.783. The summed E-state index contributed by atoms with van der Waals surface area (Å²) < 4.78 is 40.3. The molecule has 1 aliphatic carbocycles. The van der Waals surface area contributed by atoms with Crippen molar-refractivity contribution in [2.24, 2.45) is 10.9 Å². The van der Waals surface area contributed by atoms with Gasteiger partial charge in [-0.3, -0.25) is 9.69 Å². The van der Waals surface area contributed by atoms with E-state index in [1.165, 1.54) is 6.07 Å². The molecule has 180 valence electrons. The van der Waals surface area contributed by atoms with Gasteiger partial charge >= 0.3 is 11.4 Å². The topological polar surface area (TPSA) is 64.9 Å². The van der Waals surface area contributed by atoms with E-state index in [4.69, 9.17) is 0 Å². The van der Waals surface area contributed by atoms with Crippen molar-refractivity contribution >= 4 is 22.8 Å². The number of thioether (sulfide) groups is 1. The summed E-state index contributed by atoms with van der Waals surface area (Å²) in [6, 6.07) is 4.44. The predicted octanol–water partition coefficient (Wildman–Crippen LogP) is 5.27. The van der Waals surface area contributed by atoms with E-state index in [-0.39, 0.29) is 23.7 Å². The summed E-state index contributed by atoms with van der Waals surface area (Å²) in [6.45, 7) is 3.34. The number of aliphatic hydroxyl groups excluding tert-OH is 1. The maximum absolute atomic E-state index is 13.4. The number of halogens is 3. The van der Waals surface area contributed by atoms with Gasteiger partial charge in [-0.25, -0.2) is 0 Å². The van der Waals surface area contributed by atoms with Crippen molar-refractivity contribution in [1.82, 2.24) is 10.2 Å². The molecule has 2 heterocycles. The number of hydrogen-bond donors (Lipinski definition) is 2. The molecule has 0 spiro atoms. The minimum Gasteiger partial charge on any atom is -0.391 e. The van der Waals surface area contributed by atoms with E-state index in [1.54, 1.807) is 19.1 Å². The molecule has 2 N–H and O–H groups in total. The highest BCUT2D eigenvalue weighted by Crippen LogP contribution is 2.35. The van der Waals surface area contributed by atoms with Gasteiger partial charge in [-0.1, -0.05) is 36.6 Å². The molecular weight excluding hydrogens is 451 g/mol. The third-order valence-electron chi connectivity index (χ3n) is 6.67.